The van der Waals surface area contributed by atoms with Crippen molar-refractivity contribution < 1.29 is 9.31 Å². The molecule has 1 aromatic rings. The summed E-state index contributed by atoms with van der Waals surface area (Å²) in [4.78, 5) is 10.1. The number of nitro groups is 1. The zero-order valence-corrected chi connectivity index (χ0v) is 7.94. The van der Waals surface area contributed by atoms with E-state index < -0.39 is 10.9 Å². The summed E-state index contributed by atoms with van der Waals surface area (Å²) >= 11 is 6.35. The summed E-state index contributed by atoms with van der Waals surface area (Å²) in [7, 11) is 0. The van der Waals surface area contributed by atoms with Crippen LogP contribution in [0.3, 0.4) is 0 Å². The van der Waals surface area contributed by atoms with Gasteiger partial charge in [0.15, 0.2) is 0 Å². The van der Waals surface area contributed by atoms with Crippen molar-refractivity contribution in [2.24, 2.45) is 0 Å². The fourth-order valence-corrected chi connectivity index (χ4v) is 1.67. The summed E-state index contributed by atoms with van der Waals surface area (Å²) in [5.41, 5.74) is -0.118. The van der Waals surface area contributed by atoms with E-state index in [9.17, 15) is 14.5 Å². The lowest BCUT2D eigenvalue weighted by atomic mass is 10.3. The Balaban J connectivity index is 3.10. The lowest BCUT2D eigenvalue weighted by Crippen LogP contribution is -1.90. The first-order chi connectivity index (χ1) is 6.15. The summed E-state index contributed by atoms with van der Waals surface area (Å²) in [5.74, 6) is 0. The standard InChI is InChI=1S/C7H5ClFNO2S/c8-5-1-2-6(10(11)12)7(3-5)13-4-9/h1-3H,4H2. The number of nitro benzene ring substituents is 1. The first-order valence-electron chi connectivity index (χ1n) is 3.28. The van der Waals surface area contributed by atoms with Gasteiger partial charge < -0.3 is 0 Å². The average Bonchev–Trinajstić information content (AvgIpc) is 2.04. The molecule has 0 aliphatic carbocycles. The Bertz CT molecular complexity index is 334. The molecule has 0 N–H and O–H groups in total. The van der Waals surface area contributed by atoms with Crippen LogP contribution in [0.4, 0.5) is 10.1 Å². The van der Waals surface area contributed by atoms with Crippen LogP contribution in [0.1, 0.15) is 0 Å². The van der Waals surface area contributed by atoms with Gasteiger partial charge >= 0.3 is 0 Å². The minimum Gasteiger partial charge on any atom is -0.258 e. The molecule has 0 spiro atoms. The van der Waals surface area contributed by atoms with Crippen molar-refractivity contribution in [3.63, 3.8) is 0 Å². The Morgan fingerprint density at radius 2 is 2.31 bits per heavy atom. The molecule has 13 heavy (non-hydrogen) atoms. The number of benzene rings is 1. The molecule has 3 nitrogen and oxygen atoms in total. The summed E-state index contributed by atoms with van der Waals surface area (Å²) in [6.07, 6.45) is 0. The van der Waals surface area contributed by atoms with Crippen molar-refractivity contribution in [2.75, 3.05) is 6.01 Å². The minimum atomic E-state index is -0.707. The molecule has 0 aromatic heterocycles. The molecule has 0 fully saturated rings. The molecule has 0 saturated carbocycles. The highest BCUT2D eigenvalue weighted by molar-refractivity contribution is 7.99. The van der Waals surface area contributed by atoms with Crippen LogP contribution >= 0.6 is 23.4 Å². The maximum absolute atomic E-state index is 12.0. The minimum absolute atomic E-state index is 0.118. The third kappa shape index (κ3) is 2.57. The van der Waals surface area contributed by atoms with Gasteiger partial charge in [0.05, 0.1) is 9.82 Å². The predicted octanol–water partition coefficient (Wildman–Crippen LogP) is 3.27. The fourth-order valence-electron chi connectivity index (χ4n) is 0.813. The van der Waals surface area contributed by atoms with Crippen molar-refractivity contribution in [1.82, 2.24) is 0 Å². The van der Waals surface area contributed by atoms with Gasteiger partial charge in [-0.25, -0.2) is 4.39 Å². The van der Waals surface area contributed by atoms with Gasteiger partial charge in [0.1, 0.15) is 6.01 Å². The number of nitrogens with zero attached hydrogens (tertiary/aromatic N) is 1. The summed E-state index contributed by atoms with van der Waals surface area (Å²) in [6.45, 7) is 0. The van der Waals surface area contributed by atoms with Crippen LogP contribution in [0.5, 0.6) is 0 Å². The van der Waals surface area contributed by atoms with Crippen molar-refractivity contribution in [3.05, 3.63) is 33.3 Å². The first-order valence-corrected chi connectivity index (χ1v) is 4.64. The molecular formula is C7H5ClFNO2S. The lowest BCUT2D eigenvalue weighted by molar-refractivity contribution is -0.387. The smallest absolute Gasteiger partial charge is 0.258 e. The molecule has 0 amide bonds. The number of hydrogen-bond donors (Lipinski definition) is 0. The molecular weight excluding hydrogens is 217 g/mol. The molecule has 1 rings (SSSR count). The molecule has 0 bridgehead atoms. The van der Waals surface area contributed by atoms with Gasteiger partial charge in [-0.15, -0.1) is 0 Å². The zero-order valence-electron chi connectivity index (χ0n) is 6.37. The molecule has 0 aliphatic heterocycles. The van der Waals surface area contributed by atoms with Gasteiger partial charge in [0, 0.05) is 11.1 Å². The van der Waals surface area contributed by atoms with E-state index in [1.54, 1.807) is 0 Å². The number of alkyl halides is 1. The highest BCUT2D eigenvalue weighted by Gasteiger charge is 2.13. The third-order valence-electron chi connectivity index (χ3n) is 1.33. The number of hydrogen-bond acceptors (Lipinski definition) is 3. The first kappa shape index (κ1) is 10.3. The quantitative estimate of drug-likeness (QED) is 0.447. The number of rotatable bonds is 3. The molecule has 6 heteroatoms. The van der Waals surface area contributed by atoms with E-state index in [1.807, 2.05) is 0 Å². The van der Waals surface area contributed by atoms with Crippen LogP contribution in [0.25, 0.3) is 0 Å². The largest absolute Gasteiger partial charge is 0.283 e. The second kappa shape index (κ2) is 4.43. The third-order valence-corrected chi connectivity index (χ3v) is 2.31. The SMILES string of the molecule is O=[N+]([O-])c1ccc(Cl)cc1SCF. The second-order valence-corrected chi connectivity index (χ2v) is 3.51. The van der Waals surface area contributed by atoms with Crippen LogP contribution in [0, 0.1) is 10.1 Å². The van der Waals surface area contributed by atoms with Crippen LogP contribution in [0.15, 0.2) is 23.1 Å². The van der Waals surface area contributed by atoms with Crippen molar-refractivity contribution in [1.29, 1.82) is 0 Å². The van der Waals surface area contributed by atoms with Crippen LogP contribution in [-0.4, -0.2) is 10.9 Å². The molecule has 0 atom stereocenters. The van der Waals surface area contributed by atoms with Crippen LogP contribution in [-0.2, 0) is 0 Å². The molecule has 70 valence electrons. The molecule has 1 aromatic carbocycles. The Labute approximate surface area is 83.0 Å². The van der Waals surface area contributed by atoms with E-state index in [0.29, 0.717) is 5.02 Å². The molecule has 0 heterocycles. The number of halogens is 2. The van der Waals surface area contributed by atoms with Gasteiger partial charge in [-0.3, -0.25) is 10.1 Å². The van der Waals surface area contributed by atoms with Gasteiger partial charge in [-0.1, -0.05) is 23.4 Å². The monoisotopic (exact) mass is 221 g/mol. The van der Waals surface area contributed by atoms with E-state index in [1.165, 1.54) is 18.2 Å². The van der Waals surface area contributed by atoms with Crippen molar-refractivity contribution in [2.45, 2.75) is 4.90 Å². The molecule has 0 saturated heterocycles. The van der Waals surface area contributed by atoms with Gasteiger partial charge in [-0.05, 0) is 12.1 Å². The van der Waals surface area contributed by atoms with E-state index >= 15 is 0 Å². The number of thioether (sulfide) groups is 1. The maximum Gasteiger partial charge on any atom is 0.283 e. The Kier molecular flexibility index (Phi) is 3.50. The van der Waals surface area contributed by atoms with Crippen LogP contribution < -0.4 is 0 Å². The molecule has 0 aliphatic rings. The normalized spacial score (nSPS) is 10.0. The van der Waals surface area contributed by atoms with Crippen molar-refractivity contribution >= 4 is 29.1 Å². The Morgan fingerprint density at radius 1 is 1.62 bits per heavy atom. The lowest BCUT2D eigenvalue weighted by Gasteiger charge is -1.99. The summed E-state index contributed by atoms with van der Waals surface area (Å²) < 4.78 is 12.0. The zero-order chi connectivity index (χ0) is 9.84. The highest BCUT2D eigenvalue weighted by Crippen LogP contribution is 2.31. The van der Waals surface area contributed by atoms with Crippen LogP contribution in [0.2, 0.25) is 5.02 Å². The van der Waals surface area contributed by atoms with Gasteiger partial charge in [0.2, 0.25) is 0 Å². The summed E-state index contributed by atoms with van der Waals surface area (Å²) in [5, 5.41) is 10.8. The fraction of sp³-hybridized carbons (Fsp3) is 0.143. The molecule has 0 radical (unpaired) electrons. The van der Waals surface area contributed by atoms with E-state index in [-0.39, 0.29) is 10.6 Å². The average molecular weight is 222 g/mol. The van der Waals surface area contributed by atoms with Gasteiger partial charge in [0.25, 0.3) is 5.69 Å². The highest BCUT2D eigenvalue weighted by atomic mass is 35.5. The van der Waals surface area contributed by atoms with E-state index in [0.717, 1.165) is 11.8 Å². The second-order valence-electron chi connectivity index (χ2n) is 2.12. The molecule has 0 unspecified atom stereocenters. The topological polar surface area (TPSA) is 43.1 Å². The van der Waals surface area contributed by atoms with E-state index in [4.69, 9.17) is 11.6 Å². The van der Waals surface area contributed by atoms with Gasteiger partial charge in [-0.2, -0.15) is 0 Å². The predicted molar refractivity (Wildman–Crippen MR) is 49.9 cm³/mol. The van der Waals surface area contributed by atoms with E-state index in [2.05, 4.69) is 0 Å². The Hall–Kier alpha value is -0.810. The van der Waals surface area contributed by atoms with Crippen molar-refractivity contribution in [3.8, 4) is 0 Å². The maximum atomic E-state index is 12.0. The Morgan fingerprint density at radius 3 is 2.85 bits per heavy atom. The summed E-state index contributed by atoms with van der Waals surface area (Å²) in [6, 6.07) is 3.34.